The van der Waals surface area contributed by atoms with Crippen molar-refractivity contribution in [1.29, 1.82) is 0 Å². The van der Waals surface area contributed by atoms with E-state index in [4.69, 9.17) is 8.92 Å². The Balaban J connectivity index is 1.70. The molecule has 2 aromatic rings. The van der Waals surface area contributed by atoms with Crippen LogP contribution in [0.25, 0.3) is 0 Å². The SMILES string of the molecule is COc1ccc2c(c1)C(=O)C[C@@H](COS(=O)(=O)c1ccc(C)cc1)C2. The molecule has 0 aliphatic heterocycles. The van der Waals surface area contributed by atoms with Gasteiger partial charge in [-0.3, -0.25) is 8.98 Å². The van der Waals surface area contributed by atoms with Gasteiger partial charge in [-0.05, 0) is 49.1 Å². The lowest BCUT2D eigenvalue weighted by Crippen LogP contribution is -2.25. The van der Waals surface area contributed by atoms with Crippen LogP contribution in [0.4, 0.5) is 0 Å². The Morgan fingerprint density at radius 3 is 2.48 bits per heavy atom. The lowest BCUT2D eigenvalue weighted by atomic mass is 9.83. The zero-order chi connectivity index (χ0) is 18.0. The smallest absolute Gasteiger partial charge is 0.296 e. The molecule has 3 rings (SSSR count). The standard InChI is InChI=1S/C19H20O5S/c1-13-3-7-17(8-4-13)25(21,22)24-12-14-9-15-5-6-16(23-2)11-18(15)19(20)10-14/h3-8,11,14H,9-10,12H2,1-2H3/t14-/m0/s1. The Morgan fingerprint density at radius 2 is 1.80 bits per heavy atom. The van der Waals surface area contributed by atoms with Gasteiger partial charge in [0.2, 0.25) is 0 Å². The van der Waals surface area contributed by atoms with E-state index in [1.165, 1.54) is 12.1 Å². The molecule has 1 aliphatic rings. The van der Waals surface area contributed by atoms with Crippen LogP contribution in [-0.4, -0.2) is 27.9 Å². The van der Waals surface area contributed by atoms with E-state index < -0.39 is 10.1 Å². The van der Waals surface area contributed by atoms with Gasteiger partial charge in [0.1, 0.15) is 5.75 Å². The molecule has 1 aliphatic carbocycles. The number of fused-ring (bicyclic) bond motifs is 1. The van der Waals surface area contributed by atoms with Gasteiger partial charge in [-0.1, -0.05) is 23.8 Å². The summed E-state index contributed by atoms with van der Waals surface area (Å²) >= 11 is 0. The molecule has 132 valence electrons. The number of ether oxygens (including phenoxy) is 1. The molecule has 25 heavy (non-hydrogen) atoms. The van der Waals surface area contributed by atoms with Crippen molar-refractivity contribution in [2.45, 2.75) is 24.7 Å². The van der Waals surface area contributed by atoms with Crippen LogP contribution in [0, 0.1) is 12.8 Å². The topological polar surface area (TPSA) is 69.7 Å². The fourth-order valence-corrected chi connectivity index (χ4v) is 3.93. The molecule has 0 bridgehead atoms. The minimum Gasteiger partial charge on any atom is -0.497 e. The third kappa shape index (κ3) is 3.91. The summed E-state index contributed by atoms with van der Waals surface area (Å²) in [6, 6.07) is 11.9. The predicted octanol–water partition coefficient (Wildman–Crippen LogP) is 3.15. The summed E-state index contributed by atoms with van der Waals surface area (Å²) < 4.78 is 34.9. The molecule has 0 unspecified atom stereocenters. The van der Waals surface area contributed by atoms with Gasteiger partial charge >= 0.3 is 0 Å². The largest absolute Gasteiger partial charge is 0.497 e. The van der Waals surface area contributed by atoms with E-state index in [2.05, 4.69) is 0 Å². The van der Waals surface area contributed by atoms with Crippen molar-refractivity contribution in [1.82, 2.24) is 0 Å². The van der Waals surface area contributed by atoms with Crippen LogP contribution < -0.4 is 4.74 Å². The number of carbonyl (C=O) groups excluding carboxylic acids is 1. The average Bonchev–Trinajstić information content (AvgIpc) is 2.60. The Morgan fingerprint density at radius 1 is 1.08 bits per heavy atom. The second-order valence-electron chi connectivity index (χ2n) is 6.27. The number of benzene rings is 2. The number of ketones is 1. The first-order valence-electron chi connectivity index (χ1n) is 8.05. The highest BCUT2D eigenvalue weighted by Gasteiger charge is 2.27. The van der Waals surface area contributed by atoms with Crippen LogP contribution in [0.2, 0.25) is 0 Å². The van der Waals surface area contributed by atoms with Crippen molar-refractivity contribution in [3.8, 4) is 5.75 Å². The highest BCUT2D eigenvalue weighted by atomic mass is 32.2. The van der Waals surface area contributed by atoms with Crippen molar-refractivity contribution < 1.29 is 22.1 Å². The number of aryl methyl sites for hydroxylation is 1. The maximum Gasteiger partial charge on any atom is 0.296 e. The quantitative estimate of drug-likeness (QED) is 0.766. The number of rotatable bonds is 5. The molecule has 0 amide bonds. The van der Waals surface area contributed by atoms with Gasteiger partial charge in [-0.2, -0.15) is 8.42 Å². The van der Waals surface area contributed by atoms with Gasteiger partial charge in [-0.15, -0.1) is 0 Å². The average molecular weight is 360 g/mol. The Kier molecular flexibility index (Phi) is 4.92. The van der Waals surface area contributed by atoms with Gasteiger partial charge < -0.3 is 4.74 Å². The normalized spacial score (nSPS) is 17.2. The van der Waals surface area contributed by atoms with Gasteiger partial charge in [0.05, 0.1) is 18.6 Å². The maximum absolute atomic E-state index is 12.3. The van der Waals surface area contributed by atoms with E-state index in [0.717, 1.165) is 11.1 Å². The van der Waals surface area contributed by atoms with Crippen LogP contribution >= 0.6 is 0 Å². The van der Waals surface area contributed by atoms with Crippen molar-refractivity contribution in [3.05, 3.63) is 59.2 Å². The molecule has 0 radical (unpaired) electrons. The third-order valence-corrected chi connectivity index (χ3v) is 5.66. The second-order valence-corrected chi connectivity index (χ2v) is 7.89. The van der Waals surface area contributed by atoms with Gasteiger partial charge in [-0.25, -0.2) is 0 Å². The summed E-state index contributed by atoms with van der Waals surface area (Å²) in [6.45, 7) is 1.88. The van der Waals surface area contributed by atoms with Crippen LogP contribution in [-0.2, 0) is 20.7 Å². The van der Waals surface area contributed by atoms with E-state index in [-0.39, 0.29) is 29.6 Å². The van der Waals surface area contributed by atoms with Gasteiger partial charge in [0, 0.05) is 12.0 Å². The summed E-state index contributed by atoms with van der Waals surface area (Å²) in [5.41, 5.74) is 2.53. The van der Waals surface area contributed by atoms with Gasteiger partial charge in [0.15, 0.2) is 5.78 Å². The Hall–Kier alpha value is -2.18. The molecule has 0 aromatic heterocycles. The van der Waals surface area contributed by atoms with Crippen molar-refractivity contribution in [3.63, 3.8) is 0 Å². The molecule has 0 saturated heterocycles. The summed E-state index contributed by atoms with van der Waals surface area (Å²) in [4.78, 5) is 12.5. The number of Topliss-reactive ketones (excluding diaryl/α,β-unsaturated/α-hetero) is 1. The van der Waals surface area contributed by atoms with Crippen LogP contribution in [0.3, 0.4) is 0 Å². The summed E-state index contributed by atoms with van der Waals surface area (Å²) in [5.74, 6) is 0.471. The Bertz CT molecular complexity index is 885. The van der Waals surface area contributed by atoms with E-state index >= 15 is 0 Å². The molecular formula is C19H20O5S. The zero-order valence-corrected chi connectivity index (χ0v) is 15.0. The molecule has 0 fully saturated rings. The van der Waals surface area contributed by atoms with E-state index in [1.807, 2.05) is 13.0 Å². The molecule has 0 saturated carbocycles. The van der Waals surface area contributed by atoms with Crippen LogP contribution in [0.1, 0.15) is 27.9 Å². The molecular weight excluding hydrogens is 340 g/mol. The number of carbonyl (C=O) groups is 1. The van der Waals surface area contributed by atoms with Gasteiger partial charge in [0.25, 0.3) is 10.1 Å². The highest BCUT2D eigenvalue weighted by Crippen LogP contribution is 2.29. The number of methoxy groups -OCH3 is 1. The number of hydrogen-bond donors (Lipinski definition) is 0. The fourth-order valence-electron chi connectivity index (χ4n) is 2.95. The lowest BCUT2D eigenvalue weighted by Gasteiger charge is -2.23. The zero-order valence-electron chi connectivity index (χ0n) is 14.2. The molecule has 2 aromatic carbocycles. The monoisotopic (exact) mass is 360 g/mol. The van der Waals surface area contributed by atoms with Crippen LogP contribution in [0.5, 0.6) is 5.75 Å². The maximum atomic E-state index is 12.3. The summed E-state index contributed by atoms with van der Waals surface area (Å²) in [6.07, 6.45) is 0.873. The van der Waals surface area contributed by atoms with Crippen LogP contribution in [0.15, 0.2) is 47.4 Å². The molecule has 1 atom stereocenters. The minimum absolute atomic E-state index is 0.00653. The molecule has 5 nitrogen and oxygen atoms in total. The summed E-state index contributed by atoms with van der Waals surface area (Å²) in [7, 11) is -2.26. The van der Waals surface area contributed by atoms with E-state index in [9.17, 15) is 13.2 Å². The minimum atomic E-state index is -3.81. The first-order valence-corrected chi connectivity index (χ1v) is 9.46. The third-order valence-electron chi connectivity index (χ3n) is 4.37. The Labute approximate surface area is 147 Å². The van der Waals surface area contributed by atoms with Crippen molar-refractivity contribution in [2.75, 3.05) is 13.7 Å². The van der Waals surface area contributed by atoms with E-state index in [0.29, 0.717) is 17.7 Å². The summed E-state index contributed by atoms with van der Waals surface area (Å²) in [5, 5.41) is 0. The first-order chi connectivity index (χ1) is 11.9. The first kappa shape index (κ1) is 17.6. The number of hydrogen-bond acceptors (Lipinski definition) is 5. The molecule has 0 spiro atoms. The van der Waals surface area contributed by atoms with Crippen molar-refractivity contribution >= 4 is 15.9 Å². The predicted molar refractivity (Wildman–Crippen MR) is 93.5 cm³/mol. The second kappa shape index (κ2) is 6.98. The fraction of sp³-hybridized carbons (Fsp3) is 0.316. The molecule has 6 heteroatoms. The highest BCUT2D eigenvalue weighted by molar-refractivity contribution is 7.86. The molecule has 0 heterocycles. The van der Waals surface area contributed by atoms with Crippen molar-refractivity contribution in [2.24, 2.45) is 5.92 Å². The lowest BCUT2D eigenvalue weighted by molar-refractivity contribution is 0.0927. The van der Waals surface area contributed by atoms with E-state index in [1.54, 1.807) is 31.4 Å². The molecule has 0 N–H and O–H groups in total.